The zero-order valence-corrected chi connectivity index (χ0v) is 16.0. The van der Waals surface area contributed by atoms with Crippen molar-refractivity contribution in [3.05, 3.63) is 61.3 Å². The zero-order valence-electron chi connectivity index (χ0n) is 15.2. The minimum absolute atomic E-state index is 0.0104. The third kappa shape index (κ3) is 4.16. The molecule has 142 valence electrons. The number of piperidine rings is 1. The van der Waals surface area contributed by atoms with Gasteiger partial charge in [-0.05, 0) is 38.3 Å². The second-order valence-electron chi connectivity index (χ2n) is 6.66. The van der Waals surface area contributed by atoms with E-state index in [4.69, 9.17) is 0 Å². The largest absolute Gasteiger partial charge is 0.349 e. The number of nitro groups is 1. The Hall–Kier alpha value is -2.74. The highest BCUT2D eigenvalue weighted by atomic mass is 32.1. The van der Waals surface area contributed by atoms with Gasteiger partial charge in [-0.2, -0.15) is 0 Å². The van der Waals surface area contributed by atoms with Gasteiger partial charge in [0.2, 0.25) is 0 Å². The van der Waals surface area contributed by atoms with E-state index >= 15 is 0 Å². The fraction of sp³-hybridized carbons (Fsp3) is 0.368. The molecule has 8 heteroatoms. The molecule has 1 saturated heterocycles. The van der Waals surface area contributed by atoms with Crippen LogP contribution in [0.15, 0.2) is 30.3 Å². The number of carbonyl (C=O) groups excluding carboxylic acids is 2. The van der Waals surface area contributed by atoms with E-state index in [0.29, 0.717) is 41.2 Å². The van der Waals surface area contributed by atoms with Crippen molar-refractivity contribution in [2.45, 2.75) is 32.7 Å². The molecule has 1 N–H and O–H groups in total. The van der Waals surface area contributed by atoms with E-state index in [2.05, 4.69) is 5.32 Å². The fourth-order valence-corrected chi connectivity index (χ4v) is 4.19. The van der Waals surface area contributed by atoms with Gasteiger partial charge < -0.3 is 10.2 Å². The van der Waals surface area contributed by atoms with Gasteiger partial charge in [-0.1, -0.05) is 18.2 Å². The molecular formula is C19H21N3O4S. The SMILES string of the molecule is Cc1ccccc1C(=O)NC1CCN(C(=O)c2cc([N+](=O)[O-])c(C)s2)CC1. The van der Waals surface area contributed by atoms with Gasteiger partial charge in [-0.25, -0.2) is 0 Å². The highest BCUT2D eigenvalue weighted by molar-refractivity contribution is 7.14. The highest BCUT2D eigenvalue weighted by Gasteiger charge is 2.28. The minimum atomic E-state index is -0.462. The first-order valence-corrected chi connectivity index (χ1v) is 9.59. The number of likely N-dealkylation sites (tertiary alicyclic amines) is 1. The van der Waals surface area contributed by atoms with Crippen LogP contribution in [0.5, 0.6) is 0 Å². The molecule has 1 aromatic heterocycles. The molecule has 27 heavy (non-hydrogen) atoms. The van der Waals surface area contributed by atoms with E-state index in [0.717, 1.165) is 16.9 Å². The molecule has 2 heterocycles. The second-order valence-corrected chi connectivity index (χ2v) is 7.92. The summed E-state index contributed by atoms with van der Waals surface area (Å²) in [5.74, 6) is -0.276. The second kappa shape index (κ2) is 7.87. The first kappa shape index (κ1) is 19.0. The quantitative estimate of drug-likeness (QED) is 0.643. The fourth-order valence-electron chi connectivity index (χ4n) is 3.23. The number of nitrogens with one attached hydrogen (secondary N) is 1. The Bertz CT molecular complexity index is 885. The lowest BCUT2D eigenvalue weighted by Crippen LogP contribution is -2.46. The molecule has 0 saturated carbocycles. The van der Waals surface area contributed by atoms with Crippen LogP contribution >= 0.6 is 11.3 Å². The maximum absolute atomic E-state index is 12.6. The standard InChI is InChI=1S/C19H21N3O4S/c1-12-5-3-4-6-15(12)18(23)20-14-7-9-21(10-8-14)19(24)17-11-16(22(25)26)13(2)27-17/h3-6,11,14H,7-10H2,1-2H3,(H,20,23). The third-order valence-electron chi connectivity index (χ3n) is 4.81. The van der Waals surface area contributed by atoms with Crippen LogP contribution in [0.4, 0.5) is 5.69 Å². The molecule has 2 amide bonds. The number of aryl methyl sites for hydroxylation is 2. The van der Waals surface area contributed by atoms with Crippen molar-refractivity contribution < 1.29 is 14.5 Å². The van der Waals surface area contributed by atoms with Gasteiger partial charge in [0.25, 0.3) is 17.5 Å². The molecule has 3 rings (SSSR count). The Kier molecular flexibility index (Phi) is 5.55. The molecule has 0 aliphatic carbocycles. The number of hydrogen-bond donors (Lipinski definition) is 1. The number of benzene rings is 1. The summed E-state index contributed by atoms with van der Waals surface area (Å²) < 4.78 is 0. The summed E-state index contributed by atoms with van der Waals surface area (Å²) in [7, 11) is 0. The number of amides is 2. The van der Waals surface area contributed by atoms with E-state index in [1.54, 1.807) is 17.9 Å². The number of rotatable bonds is 4. The Morgan fingerprint density at radius 2 is 1.89 bits per heavy atom. The molecule has 0 atom stereocenters. The van der Waals surface area contributed by atoms with E-state index in [9.17, 15) is 19.7 Å². The van der Waals surface area contributed by atoms with Crippen LogP contribution in [0, 0.1) is 24.0 Å². The number of hydrogen-bond acceptors (Lipinski definition) is 5. The third-order valence-corrected chi connectivity index (χ3v) is 5.83. The Labute approximate surface area is 161 Å². The normalized spacial score (nSPS) is 14.8. The van der Waals surface area contributed by atoms with Gasteiger partial charge in [0.1, 0.15) is 0 Å². The Morgan fingerprint density at radius 3 is 2.48 bits per heavy atom. The summed E-state index contributed by atoms with van der Waals surface area (Å²) in [5.41, 5.74) is 1.58. The van der Waals surface area contributed by atoms with Crippen molar-refractivity contribution in [1.82, 2.24) is 10.2 Å². The molecular weight excluding hydrogens is 366 g/mol. The van der Waals surface area contributed by atoms with Gasteiger partial charge in [0.15, 0.2) is 0 Å². The van der Waals surface area contributed by atoms with Crippen LogP contribution < -0.4 is 5.32 Å². The van der Waals surface area contributed by atoms with Crippen molar-refractivity contribution in [2.75, 3.05) is 13.1 Å². The molecule has 1 fully saturated rings. The molecule has 2 aromatic rings. The van der Waals surface area contributed by atoms with Crippen LogP contribution in [0.3, 0.4) is 0 Å². The predicted molar refractivity (Wildman–Crippen MR) is 103 cm³/mol. The molecule has 1 aliphatic rings. The summed E-state index contributed by atoms with van der Waals surface area (Å²) in [5, 5.41) is 14.0. The molecule has 1 aromatic carbocycles. The van der Waals surface area contributed by atoms with Crippen LogP contribution in [0.1, 0.15) is 43.3 Å². The number of carbonyl (C=O) groups is 2. The number of nitrogens with zero attached hydrogens (tertiary/aromatic N) is 2. The van der Waals surface area contributed by atoms with E-state index in [1.807, 2.05) is 25.1 Å². The van der Waals surface area contributed by atoms with E-state index in [1.165, 1.54) is 6.07 Å². The summed E-state index contributed by atoms with van der Waals surface area (Å²) in [6.45, 7) is 4.58. The summed E-state index contributed by atoms with van der Waals surface area (Å²) in [6.07, 6.45) is 1.33. The van der Waals surface area contributed by atoms with Gasteiger partial charge in [0.05, 0.1) is 14.7 Å². The van der Waals surface area contributed by atoms with Crippen molar-refractivity contribution in [2.24, 2.45) is 0 Å². The minimum Gasteiger partial charge on any atom is -0.349 e. The van der Waals surface area contributed by atoms with Gasteiger partial charge in [0, 0.05) is 30.8 Å². The summed E-state index contributed by atoms with van der Waals surface area (Å²) >= 11 is 1.15. The van der Waals surface area contributed by atoms with Gasteiger partial charge in [-0.15, -0.1) is 11.3 Å². The highest BCUT2D eigenvalue weighted by Crippen LogP contribution is 2.29. The first-order valence-electron chi connectivity index (χ1n) is 8.77. The average molecular weight is 387 g/mol. The molecule has 7 nitrogen and oxygen atoms in total. The van der Waals surface area contributed by atoms with E-state index < -0.39 is 4.92 Å². The molecule has 0 radical (unpaired) electrons. The van der Waals surface area contributed by atoms with Gasteiger partial charge in [-0.3, -0.25) is 19.7 Å². The molecule has 1 aliphatic heterocycles. The first-order chi connectivity index (χ1) is 12.9. The van der Waals surface area contributed by atoms with Crippen LogP contribution in [-0.4, -0.2) is 40.8 Å². The molecule has 0 spiro atoms. The smallest absolute Gasteiger partial charge is 0.283 e. The van der Waals surface area contributed by atoms with Crippen molar-refractivity contribution >= 4 is 28.8 Å². The van der Waals surface area contributed by atoms with Crippen molar-refractivity contribution in [3.8, 4) is 0 Å². The van der Waals surface area contributed by atoms with Crippen molar-refractivity contribution in [3.63, 3.8) is 0 Å². The van der Waals surface area contributed by atoms with Crippen LogP contribution in [0.2, 0.25) is 0 Å². The summed E-state index contributed by atoms with van der Waals surface area (Å²) in [6, 6.07) is 8.81. The van der Waals surface area contributed by atoms with E-state index in [-0.39, 0.29) is 23.5 Å². The van der Waals surface area contributed by atoms with Gasteiger partial charge >= 0.3 is 0 Å². The number of thiophene rings is 1. The maximum atomic E-state index is 12.6. The lowest BCUT2D eigenvalue weighted by Gasteiger charge is -2.32. The van der Waals surface area contributed by atoms with Crippen molar-refractivity contribution in [1.29, 1.82) is 0 Å². The topological polar surface area (TPSA) is 92.6 Å². The summed E-state index contributed by atoms with van der Waals surface area (Å²) in [4.78, 5) is 38.2. The molecule has 0 bridgehead atoms. The lowest BCUT2D eigenvalue weighted by molar-refractivity contribution is -0.385. The average Bonchev–Trinajstić information content (AvgIpc) is 3.04. The monoisotopic (exact) mass is 387 g/mol. The van der Waals surface area contributed by atoms with Crippen LogP contribution in [-0.2, 0) is 0 Å². The molecule has 0 unspecified atom stereocenters. The predicted octanol–water partition coefficient (Wildman–Crippen LogP) is 3.31. The Morgan fingerprint density at radius 1 is 1.22 bits per heavy atom. The van der Waals surface area contributed by atoms with Crippen LogP contribution in [0.25, 0.3) is 0 Å². The maximum Gasteiger partial charge on any atom is 0.283 e. The zero-order chi connectivity index (χ0) is 19.6. The lowest BCUT2D eigenvalue weighted by atomic mass is 10.0. The Balaban J connectivity index is 1.58.